The van der Waals surface area contributed by atoms with Crippen molar-refractivity contribution in [3.8, 4) is 22.7 Å². The monoisotopic (exact) mass is 516 g/mol. The molecule has 2 aliphatic rings. The Morgan fingerprint density at radius 3 is 2.65 bits per heavy atom. The normalized spacial score (nSPS) is 17.1. The van der Waals surface area contributed by atoms with Crippen molar-refractivity contribution >= 4 is 28.9 Å². The van der Waals surface area contributed by atoms with Crippen LogP contribution in [0.15, 0.2) is 64.6 Å². The van der Waals surface area contributed by atoms with Gasteiger partial charge in [0.1, 0.15) is 11.4 Å². The molecule has 8 heteroatoms. The fourth-order valence-electron chi connectivity index (χ4n) is 4.22. The van der Waals surface area contributed by atoms with E-state index in [2.05, 4.69) is 36.7 Å². The highest BCUT2D eigenvalue weighted by Crippen LogP contribution is 2.34. The minimum absolute atomic E-state index is 0.213. The van der Waals surface area contributed by atoms with Crippen molar-refractivity contribution in [2.75, 3.05) is 32.9 Å². The molecule has 7 nitrogen and oxygen atoms in total. The maximum atomic E-state index is 12.8. The molecule has 0 saturated carbocycles. The van der Waals surface area contributed by atoms with Gasteiger partial charge in [0.05, 0.1) is 30.4 Å². The Morgan fingerprint density at radius 1 is 1.14 bits per heavy atom. The molecule has 2 aliphatic heterocycles. The second-order valence-corrected chi connectivity index (χ2v) is 10.6. The van der Waals surface area contributed by atoms with Crippen LogP contribution in [0.1, 0.15) is 31.4 Å². The Kier molecular flexibility index (Phi) is 7.76. The van der Waals surface area contributed by atoms with E-state index in [0.29, 0.717) is 30.6 Å². The van der Waals surface area contributed by atoms with E-state index in [4.69, 9.17) is 14.6 Å². The zero-order chi connectivity index (χ0) is 25.8. The summed E-state index contributed by atoms with van der Waals surface area (Å²) in [7, 11) is 0. The lowest BCUT2D eigenvalue weighted by molar-refractivity contribution is -0.113. The smallest absolute Gasteiger partial charge is 0.286 e. The first-order valence-corrected chi connectivity index (χ1v) is 13.5. The fourth-order valence-corrected chi connectivity index (χ4v) is 5.18. The van der Waals surface area contributed by atoms with Crippen molar-refractivity contribution in [3.05, 3.63) is 70.8 Å². The number of rotatable bonds is 7. The number of ether oxygens (including phenoxy) is 2. The van der Waals surface area contributed by atoms with Gasteiger partial charge in [-0.15, -0.1) is 0 Å². The van der Waals surface area contributed by atoms with Gasteiger partial charge in [0.2, 0.25) is 0 Å². The summed E-state index contributed by atoms with van der Waals surface area (Å²) in [6, 6.07) is 16.1. The molecule has 1 saturated heterocycles. The summed E-state index contributed by atoms with van der Waals surface area (Å²) < 4.78 is 13.3. The zero-order valence-electron chi connectivity index (χ0n) is 21.5. The Morgan fingerprint density at radius 2 is 1.92 bits per heavy atom. The molecular weight excluding hydrogens is 484 g/mol. The molecule has 0 bridgehead atoms. The van der Waals surface area contributed by atoms with Crippen LogP contribution in [0.5, 0.6) is 5.75 Å². The number of amidine groups is 1. The van der Waals surface area contributed by atoms with E-state index < -0.39 is 0 Å². The summed E-state index contributed by atoms with van der Waals surface area (Å²) in [5.74, 6) is 1.27. The van der Waals surface area contributed by atoms with E-state index in [0.717, 1.165) is 58.5 Å². The lowest BCUT2D eigenvalue weighted by atomic mass is 10.0. The predicted octanol–water partition coefficient (Wildman–Crippen LogP) is 5.58. The molecular formula is C29H32N4O3S. The van der Waals surface area contributed by atoms with Gasteiger partial charge in [-0.25, -0.2) is 4.68 Å². The molecule has 3 heterocycles. The lowest BCUT2D eigenvalue weighted by Crippen LogP contribution is -2.38. The van der Waals surface area contributed by atoms with Crippen LogP contribution in [-0.4, -0.2) is 58.7 Å². The van der Waals surface area contributed by atoms with Crippen LogP contribution in [0.3, 0.4) is 0 Å². The van der Waals surface area contributed by atoms with Gasteiger partial charge in [-0.05, 0) is 73.0 Å². The molecule has 2 aromatic carbocycles. The summed E-state index contributed by atoms with van der Waals surface area (Å²) in [4.78, 5) is 19.9. The van der Waals surface area contributed by atoms with Gasteiger partial charge in [0, 0.05) is 30.4 Å². The van der Waals surface area contributed by atoms with Crippen molar-refractivity contribution < 1.29 is 14.3 Å². The number of hydrogen-bond donors (Lipinski definition) is 0. The van der Waals surface area contributed by atoms with Crippen molar-refractivity contribution in [2.45, 2.75) is 27.2 Å². The van der Waals surface area contributed by atoms with Gasteiger partial charge in [-0.3, -0.25) is 4.79 Å². The van der Waals surface area contributed by atoms with Crippen LogP contribution in [0.2, 0.25) is 0 Å². The van der Waals surface area contributed by atoms with Crippen molar-refractivity contribution in [1.29, 1.82) is 0 Å². The summed E-state index contributed by atoms with van der Waals surface area (Å²) in [5.41, 5.74) is 4.65. The molecule has 1 fully saturated rings. The third kappa shape index (κ3) is 5.97. The number of morpholine rings is 1. The number of benzene rings is 2. The molecule has 0 atom stereocenters. The number of carbonyl (C=O) groups excluding carboxylic acids is 1. The van der Waals surface area contributed by atoms with Crippen LogP contribution in [0, 0.1) is 12.8 Å². The number of aromatic nitrogens is 2. The number of aliphatic imine (C=N–C) groups is 1. The highest BCUT2D eigenvalue weighted by atomic mass is 32.2. The molecule has 5 rings (SSSR count). The largest absolute Gasteiger partial charge is 0.493 e. The van der Waals surface area contributed by atoms with Gasteiger partial charge in [0.25, 0.3) is 5.91 Å². The van der Waals surface area contributed by atoms with Gasteiger partial charge in [-0.1, -0.05) is 32.0 Å². The minimum atomic E-state index is -0.213. The number of thioether (sulfide) groups is 1. The maximum Gasteiger partial charge on any atom is 0.286 e. The first kappa shape index (κ1) is 25.3. The number of para-hydroxylation sites is 1. The number of carbonyl (C=O) groups is 1. The Bertz CT molecular complexity index is 1320. The van der Waals surface area contributed by atoms with Crippen molar-refractivity contribution in [3.63, 3.8) is 0 Å². The average molecular weight is 517 g/mol. The van der Waals surface area contributed by atoms with E-state index in [1.165, 1.54) is 11.8 Å². The third-order valence-electron chi connectivity index (χ3n) is 6.34. The van der Waals surface area contributed by atoms with Crippen molar-refractivity contribution in [2.24, 2.45) is 10.9 Å². The molecule has 3 aromatic rings. The molecule has 1 aromatic heterocycles. The zero-order valence-corrected chi connectivity index (χ0v) is 22.3. The van der Waals surface area contributed by atoms with Crippen LogP contribution in [0.25, 0.3) is 23.0 Å². The quantitative estimate of drug-likeness (QED) is 0.382. The Balaban J connectivity index is 1.46. The molecule has 0 spiro atoms. The van der Waals surface area contributed by atoms with Crippen LogP contribution in [0.4, 0.5) is 0 Å². The highest BCUT2D eigenvalue weighted by Gasteiger charge is 2.28. The van der Waals surface area contributed by atoms with Crippen LogP contribution >= 0.6 is 11.8 Å². The Hall–Kier alpha value is -3.36. The minimum Gasteiger partial charge on any atom is -0.493 e. The topological polar surface area (TPSA) is 69.0 Å². The van der Waals surface area contributed by atoms with E-state index in [1.54, 1.807) is 0 Å². The second kappa shape index (κ2) is 11.4. The maximum absolute atomic E-state index is 12.8. The van der Waals surface area contributed by atoms with E-state index in [-0.39, 0.29) is 5.91 Å². The van der Waals surface area contributed by atoms with Gasteiger partial charge in [0.15, 0.2) is 5.17 Å². The first-order valence-electron chi connectivity index (χ1n) is 12.7. The first-order chi connectivity index (χ1) is 18.0. The highest BCUT2D eigenvalue weighted by molar-refractivity contribution is 8.18. The van der Waals surface area contributed by atoms with Crippen LogP contribution in [-0.2, 0) is 9.53 Å². The molecule has 192 valence electrons. The van der Waals surface area contributed by atoms with E-state index in [9.17, 15) is 4.79 Å². The summed E-state index contributed by atoms with van der Waals surface area (Å²) >= 11 is 1.42. The van der Waals surface area contributed by atoms with E-state index in [1.807, 2.05) is 59.4 Å². The summed E-state index contributed by atoms with van der Waals surface area (Å²) in [6.45, 7) is 9.93. The number of amides is 1. The molecule has 0 aliphatic carbocycles. The summed E-state index contributed by atoms with van der Waals surface area (Å²) in [5, 5.41) is 5.67. The Labute approximate surface area is 222 Å². The SMILES string of the molecule is Cc1cc(-c2nn(-c3ccccc3)cc2/C=C2\SC(N3CCOCC3)=NC2=O)ccc1OCCC(C)C. The molecule has 0 unspecified atom stereocenters. The van der Waals surface area contributed by atoms with Crippen molar-refractivity contribution in [1.82, 2.24) is 14.7 Å². The van der Waals surface area contributed by atoms with Gasteiger partial charge >= 0.3 is 0 Å². The third-order valence-corrected chi connectivity index (χ3v) is 7.39. The number of aryl methyl sites for hydroxylation is 1. The molecule has 37 heavy (non-hydrogen) atoms. The molecule has 0 radical (unpaired) electrons. The van der Waals surface area contributed by atoms with Gasteiger partial charge < -0.3 is 14.4 Å². The lowest BCUT2D eigenvalue weighted by Gasteiger charge is -2.27. The molecule has 1 amide bonds. The number of nitrogens with zero attached hydrogens (tertiary/aromatic N) is 4. The number of hydrogen-bond acceptors (Lipinski definition) is 6. The molecule has 0 N–H and O–H groups in total. The average Bonchev–Trinajstić information content (AvgIpc) is 3.50. The van der Waals surface area contributed by atoms with Gasteiger partial charge in [-0.2, -0.15) is 10.1 Å². The summed E-state index contributed by atoms with van der Waals surface area (Å²) in [6.07, 6.45) is 4.90. The van der Waals surface area contributed by atoms with E-state index >= 15 is 0 Å². The predicted molar refractivity (Wildman–Crippen MR) is 149 cm³/mol. The fraction of sp³-hybridized carbons (Fsp3) is 0.345. The van der Waals surface area contributed by atoms with Crippen LogP contribution < -0.4 is 4.74 Å². The standard InChI is InChI=1S/C29H32N4O3S/c1-20(2)11-14-36-25-10-9-22(17-21(25)3)27-23(19-33(31-27)24-7-5-4-6-8-24)18-26-28(34)30-29(37-26)32-12-15-35-16-13-32/h4-10,17-20H,11-16H2,1-3H3/b26-18-. The second-order valence-electron chi connectivity index (χ2n) is 9.63.